The van der Waals surface area contributed by atoms with Crippen molar-refractivity contribution < 1.29 is 9.53 Å². The molecule has 2 aromatic rings. The van der Waals surface area contributed by atoms with Crippen LogP contribution in [0.25, 0.3) is 0 Å². The first-order valence-corrected chi connectivity index (χ1v) is 7.63. The number of ether oxygens (including phenoxy) is 1. The minimum atomic E-state index is -0.0537. The van der Waals surface area contributed by atoms with E-state index in [1.54, 1.807) is 19.2 Å². The Morgan fingerprint density at radius 2 is 2.23 bits per heavy atom. The van der Waals surface area contributed by atoms with Gasteiger partial charge in [0.05, 0.1) is 18.2 Å². The average molecular weight is 317 g/mol. The van der Waals surface area contributed by atoms with Crippen LogP contribution in [0.3, 0.4) is 0 Å². The summed E-state index contributed by atoms with van der Waals surface area (Å²) in [7, 11) is 1.65. The van der Waals surface area contributed by atoms with Crippen LogP contribution in [0.2, 0.25) is 5.02 Å². The Balaban J connectivity index is 1.86. The molecule has 1 aromatic heterocycles. The van der Waals surface area contributed by atoms with Gasteiger partial charge in [0.1, 0.15) is 11.4 Å². The van der Waals surface area contributed by atoms with Crippen molar-refractivity contribution in [2.24, 2.45) is 0 Å². The summed E-state index contributed by atoms with van der Waals surface area (Å²) < 4.78 is 5.28. The SMILES string of the molecule is COc1cccc(C2CCCN2C(=O)c2ccc(Cl)cn2)c1. The maximum atomic E-state index is 12.7. The number of methoxy groups -OCH3 is 1. The molecular formula is C17H17ClN2O2. The molecule has 1 amide bonds. The molecule has 0 spiro atoms. The molecule has 1 saturated heterocycles. The summed E-state index contributed by atoms with van der Waals surface area (Å²) >= 11 is 5.83. The first-order chi connectivity index (χ1) is 10.7. The van der Waals surface area contributed by atoms with Crippen LogP contribution in [0.4, 0.5) is 0 Å². The molecule has 1 atom stereocenters. The van der Waals surface area contributed by atoms with E-state index in [2.05, 4.69) is 4.98 Å². The van der Waals surface area contributed by atoms with Gasteiger partial charge in [0.25, 0.3) is 5.91 Å². The number of hydrogen-bond donors (Lipinski definition) is 0. The largest absolute Gasteiger partial charge is 0.497 e. The smallest absolute Gasteiger partial charge is 0.272 e. The van der Waals surface area contributed by atoms with Crippen LogP contribution >= 0.6 is 11.6 Å². The molecule has 0 saturated carbocycles. The minimum absolute atomic E-state index is 0.0537. The second kappa shape index (κ2) is 6.36. The molecule has 1 aliphatic rings. The van der Waals surface area contributed by atoms with Gasteiger partial charge in [-0.25, -0.2) is 4.98 Å². The van der Waals surface area contributed by atoms with Gasteiger partial charge in [-0.3, -0.25) is 4.79 Å². The molecule has 5 heteroatoms. The topological polar surface area (TPSA) is 42.4 Å². The number of carbonyl (C=O) groups is 1. The Morgan fingerprint density at radius 3 is 2.95 bits per heavy atom. The van der Waals surface area contributed by atoms with Crippen LogP contribution < -0.4 is 4.74 Å². The van der Waals surface area contributed by atoms with Gasteiger partial charge in [-0.2, -0.15) is 0 Å². The number of amides is 1. The molecule has 22 heavy (non-hydrogen) atoms. The highest BCUT2D eigenvalue weighted by Crippen LogP contribution is 2.34. The van der Waals surface area contributed by atoms with Crippen LogP contribution in [0.15, 0.2) is 42.6 Å². The van der Waals surface area contributed by atoms with Crippen LogP contribution in [-0.2, 0) is 0 Å². The van der Waals surface area contributed by atoms with E-state index in [1.807, 2.05) is 29.2 Å². The van der Waals surface area contributed by atoms with E-state index in [0.717, 1.165) is 30.7 Å². The lowest BCUT2D eigenvalue weighted by Gasteiger charge is -2.25. The number of aromatic nitrogens is 1. The van der Waals surface area contributed by atoms with Crippen LogP contribution in [0, 0.1) is 0 Å². The Labute approximate surface area is 134 Å². The van der Waals surface area contributed by atoms with Gasteiger partial charge in [0, 0.05) is 12.7 Å². The first kappa shape index (κ1) is 14.9. The van der Waals surface area contributed by atoms with Crippen LogP contribution in [0.1, 0.15) is 34.9 Å². The molecule has 1 fully saturated rings. The Bertz CT molecular complexity index is 673. The highest BCUT2D eigenvalue weighted by molar-refractivity contribution is 6.30. The minimum Gasteiger partial charge on any atom is -0.497 e. The summed E-state index contributed by atoms with van der Waals surface area (Å²) in [5, 5.41) is 0.530. The van der Waals surface area contributed by atoms with Crippen molar-refractivity contribution >= 4 is 17.5 Å². The Hall–Kier alpha value is -2.07. The van der Waals surface area contributed by atoms with Crippen LogP contribution in [0.5, 0.6) is 5.75 Å². The zero-order valence-corrected chi connectivity index (χ0v) is 13.1. The van der Waals surface area contributed by atoms with Gasteiger partial charge in [0.2, 0.25) is 0 Å². The van der Waals surface area contributed by atoms with Gasteiger partial charge in [-0.1, -0.05) is 23.7 Å². The fourth-order valence-electron chi connectivity index (χ4n) is 2.85. The molecule has 0 aliphatic carbocycles. The predicted molar refractivity (Wildman–Crippen MR) is 85.3 cm³/mol. The summed E-state index contributed by atoms with van der Waals surface area (Å²) in [5.74, 6) is 0.753. The molecule has 0 radical (unpaired) electrons. The fourth-order valence-corrected chi connectivity index (χ4v) is 2.97. The van der Waals surface area contributed by atoms with Crippen molar-refractivity contribution in [1.82, 2.24) is 9.88 Å². The summed E-state index contributed by atoms with van der Waals surface area (Å²) in [6.07, 6.45) is 3.44. The van der Waals surface area contributed by atoms with Crippen molar-refractivity contribution in [3.63, 3.8) is 0 Å². The quantitative estimate of drug-likeness (QED) is 0.866. The van der Waals surface area contributed by atoms with Crippen molar-refractivity contribution in [2.75, 3.05) is 13.7 Å². The summed E-state index contributed by atoms with van der Waals surface area (Å²) in [4.78, 5) is 18.7. The molecule has 114 valence electrons. The molecule has 4 nitrogen and oxygen atoms in total. The summed E-state index contributed by atoms with van der Waals surface area (Å²) in [6, 6.07) is 11.3. The van der Waals surface area contributed by atoms with Gasteiger partial charge in [-0.05, 0) is 42.7 Å². The average Bonchev–Trinajstić information content (AvgIpc) is 3.04. The number of rotatable bonds is 3. The van der Waals surface area contributed by atoms with E-state index in [-0.39, 0.29) is 11.9 Å². The Morgan fingerprint density at radius 1 is 1.36 bits per heavy atom. The van der Waals surface area contributed by atoms with E-state index >= 15 is 0 Å². The van der Waals surface area contributed by atoms with Crippen molar-refractivity contribution in [1.29, 1.82) is 0 Å². The van der Waals surface area contributed by atoms with Crippen molar-refractivity contribution in [3.05, 3.63) is 58.9 Å². The molecular weight excluding hydrogens is 300 g/mol. The zero-order valence-electron chi connectivity index (χ0n) is 12.3. The van der Waals surface area contributed by atoms with E-state index in [1.165, 1.54) is 6.20 Å². The second-order valence-corrected chi connectivity index (χ2v) is 5.73. The number of pyridine rings is 1. The number of carbonyl (C=O) groups excluding carboxylic acids is 1. The highest BCUT2D eigenvalue weighted by atomic mass is 35.5. The van der Waals surface area contributed by atoms with Gasteiger partial charge < -0.3 is 9.64 Å². The highest BCUT2D eigenvalue weighted by Gasteiger charge is 2.31. The van der Waals surface area contributed by atoms with Gasteiger partial charge in [0.15, 0.2) is 0 Å². The molecule has 0 N–H and O–H groups in total. The maximum Gasteiger partial charge on any atom is 0.272 e. The van der Waals surface area contributed by atoms with Gasteiger partial charge >= 0.3 is 0 Å². The molecule has 0 bridgehead atoms. The van der Waals surface area contributed by atoms with E-state index in [0.29, 0.717) is 10.7 Å². The number of likely N-dealkylation sites (tertiary alicyclic amines) is 1. The summed E-state index contributed by atoms with van der Waals surface area (Å²) in [5.41, 5.74) is 1.53. The Kier molecular flexibility index (Phi) is 4.29. The van der Waals surface area contributed by atoms with Gasteiger partial charge in [-0.15, -0.1) is 0 Å². The lowest BCUT2D eigenvalue weighted by molar-refractivity contribution is 0.0729. The van der Waals surface area contributed by atoms with E-state index < -0.39 is 0 Å². The normalized spacial score (nSPS) is 17.5. The second-order valence-electron chi connectivity index (χ2n) is 5.29. The number of nitrogens with zero attached hydrogens (tertiary/aromatic N) is 2. The lowest BCUT2D eigenvalue weighted by atomic mass is 10.0. The predicted octanol–water partition coefficient (Wildman–Crippen LogP) is 3.72. The molecule has 1 unspecified atom stereocenters. The number of halogens is 1. The number of hydrogen-bond acceptors (Lipinski definition) is 3. The third-order valence-corrected chi connectivity index (χ3v) is 4.16. The fraction of sp³-hybridized carbons (Fsp3) is 0.294. The maximum absolute atomic E-state index is 12.7. The number of benzene rings is 1. The molecule has 1 aromatic carbocycles. The van der Waals surface area contributed by atoms with Crippen molar-refractivity contribution in [2.45, 2.75) is 18.9 Å². The summed E-state index contributed by atoms with van der Waals surface area (Å²) in [6.45, 7) is 0.741. The first-order valence-electron chi connectivity index (χ1n) is 7.25. The molecule has 2 heterocycles. The van der Waals surface area contributed by atoms with Crippen molar-refractivity contribution in [3.8, 4) is 5.75 Å². The van der Waals surface area contributed by atoms with E-state index in [9.17, 15) is 4.79 Å². The monoisotopic (exact) mass is 316 g/mol. The molecule has 1 aliphatic heterocycles. The third-order valence-electron chi connectivity index (χ3n) is 3.94. The van der Waals surface area contributed by atoms with Crippen LogP contribution in [-0.4, -0.2) is 29.4 Å². The zero-order chi connectivity index (χ0) is 15.5. The van der Waals surface area contributed by atoms with E-state index in [4.69, 9.17) is 16.3 Å². The molecule has 3 rings (SSSR count). The lowest BCUT2D eigenvalue weighted by Crippen LogP contribution is -2.31. The third kappa shape index (κ3) is 2.92. The standard InChI is InChI=1S/C17H17ClN2O2/c1-22-14-5-2-4-12(10-14)16-6-3-9-20(16)17(21)15-8-7-13(18)11-19-15/h2,4-5,7-8,10-11,16H,3,6,9H2,1H3.